The van der Waals surface area contributed by atoms with Crippen molar-refractivity contribution in [1.82, 2.24) is 20.1 Å². The molecule has 0 spiro atoms. The van der Waals surface area contributed by atoms with Crippen LogP contribution in [0.4, 0.5) is 10.5 Å². The lowest BCUT2D eigenvalue weighted by molar-refractivity contribution is 0.0679. The van der Waals surface area contributed by atoms with E-state index < -0.39 is 0 Å². The summed E-state index contributed by atoms with van der Waals surface area (Å²) in [4.78, 5) is 16.5. The van der Waals surface area contributed by atoms with Crippen molar-refractivity contribution in [3.63, 3.8) is 0 Å². The van der Waals surface area contributed by atoms with E-state index in [0.29, 0.717) is 24.7 Å². The smallest absolute Gasteiger partial charge is 0.319 e. The van der Waals surface area contributed by atoms with Gasteiger partial charge in [0.1, 0.15) is 12.4 Å². The maximum atomic E-state index is 12.2. The molecule has 0 radical (unpaired) electrons. The first-order chi connectivity index (χ1) is 14.3. The molecule has 1 unspecified atom stereocenters. The fourth-order valence-corrected chi connectivity index (χ4v) is 3.06. The van der Waals surface area contributed by atoms with Crippen molar-refractivity contribution < 1.29 is 14.3 Å². The van der Waals surface area contributed by atoms with Gasteiger partial charge in [-0.25, -0.2) is 14.5 Å². The van der Waals surface area contributed by atoms with E-state index >= 15 is 0 Å². The molecule has 3 heterocycles. The molecule has 29 heavy (non-hydrogen) atoms. The van der Waals surface area contributed by atoms with Crippen LogP contribution in [0.2, 0.25) is 0 Å². The maximum absolute atomic E-state index is 12.2. The predicted molar refractivity (Wildman–Crippen MR) is 108 cm³/mol. The van der Waals surface area contributed by atoms with Crippen molar-refractivity contribution in [2.24, 2.45) is 0 Å². The van der Waals surface area contributed by atoms with Crippen molar-refractivity contribution in [3.05, 3.63) is 66.6 Å². The summed E-state index contributed by atoms with van der Waals surface area (Å²) in [6.45, 7) is 1.75. The number of benzene rings is 1. The van der Waals surface area contributed by atoms with Gasteiger partial charge < -0.3 is 20.1 Å². The highest BCUT2D eigenvalue weighted by atomic mass is 16.5. The third-order valence-electron chi connectivity index (χ3n) is 4.57. The summed E-state index contributed by atoms with van der Waals surface area (Å²) < 4.78 is 12.9. The minimum absolute atomic E-state index is 0.181. The summed E-state index contributed by atoms with van der Waals surface area (Å²) in [5, 5.41) is 9.82. The van der Waals surface area contributed by atoms with Gasteiger partial charge in [-0.2, -0.15) is 5.10 Å². The highest BCUT2D eigenvalue weighted by molar-refractivity contribution is 5.89. The van der Waals surface area contributed by atoms with Gasteiger partial charge >= 0.3 is 6.03 Å². The predicted octanol–water partition coefficient (Wildman–Crippen LogP) is 3.15. The number of ether oxygens (including phenoxy) is 2. The standard InChI is InChI=1S/C21H23N5O3/c27-21(23-14-16-8-10-22-20(13-16)26-11-2-9-24-26)25-17-4-6-18(7-5-17)29-15-19-3-1-12-28-19/h2,4-11,13,19H,1,3,12,14-15H2,(H2,23,25,27). The maximum Gasteiger partial charge on any atom is 0.319 e. The number of amides is 2. The Morgan fingerprint density at radius 3 is 2.90 bits per heavy atom. The number of nitrogens with zero attached hydrogens (tertiary/aromatic N) is 3. The van der Waals surface area contributed by atoms with Gasteiger partial charge in [0.2, 0.25) is 0 Å². The van der Waals surface area contributed by atoms with Gasteiger partial charge in [0.25, 0.3) is 0 Å². The van der Waals surface area contributed by atoms with Crippen LogP contribution in [0.15, 0.2) is 61.1 Å². The molecule has 1 aliphatic rings. The van der Waals surface area contributed by atoms with Gasteiger partial charge in [-0.1, -0.05) is 0 Å². The van der Waals surface area contributed by atoms with Crippen molar-refractivity contribution in [2.45, 2.75) is 25.5 Å². The van der Waals surface area contributed by atoms with E-state index in [1.54, 1.807) is 17.1 Å². The number of urea groups is 1. The van der Waals surface area contributed by atoms with Gasteiger partial charge in [-0.15, -0.1) is 0 Å². The van der Waals surface area contributed by atoms with E-state index in [0.717, 1.165) is 30.8 Å². The Morgan fingerprint density at radius 2 is 2.14 bits per heavy atom. The van der Waals surface area contributed by atoms with E-state index in [1.807, 2.05) is 48.7 Å². The molecule has 1 atom stereocenters. The second-order valence-electron chi connectivity index (χ2n) is 6.75. The third-order valence-corrected chi connectivity index (χ3v) is 4.57. The molecular formula is C21H23N5O3. The third kappa shape index (κ3) is 5.32. The average molecular weight is 393 g/mol. The molecule has 8 nitrogen and oxygen atoms in total. The molecule has 4 rings (SSSR count). The summed E-state index contributed by atoms with van der Waals surface area (Å²) >= 11 is 0. The van der Waals surface area contributed by atoms with E-state index in [4.69, 9.17) is 9.47 Å². The number of nitrogens with one attached hydrogen (secondary N) is 2. The molecule has 1 fully saturated rings. The van der Waals surface area contributed by atoms with Crippen LogP contribution in [0.3, 0.4) is 0 Å². The Morgan fingerprint density at radius 1 is 1.24 bits per heavy atom. The van der Waals surface area contributed by atoms with E-state index in [1.165, 1.54) is 0 Å². The van der Waals surface area contributed by atoms with Crippen molar-refractivity contribution >= 4 is 11.7 Å². The SMILES string of the molecule is O=C(NCc1ccnc(-n2cccn2)c1)Nc1ccc(OCC2CCCO2)cc1. The quantitative estimate of drug-likeness (QED) is 0.644. The first-order valence-corrected chi connectivity index (χ1v) is 9.60. The van der Waals surface area contributed by atoms with Gasteiger partial charge in [0.05, 0.1) is 6.10 Å². The number of carbonyl (C=O) groups excluding carboxylic acids is 1. The van der Waals surface area contributed by atoms with E-state index in [2.05, 4.69) is 20.7 Å². The summed E-state index contributed by atoms with van der Waals surface area (Å²) in [6.07, 6.45) is 7.53. The summed E-state index contributed by atoms with van der Waals surface area (Å²) in [7, 11) is 0. The van der Waals surface area contributed by atoms with Crippen molar-refractivity contribution in [1.29, 1.82) is 0 Å². The van der Waals surface area contributed by atoms with Crippen LogP contribution in [0.1, 0.15) is 18.4 Å². The van der Waals surface area contributed by atoms with Crippen molar-refractivity contribution in [2.75, 3.05) is 18.5 Å². The van der Waals surface area contributed by atoms with Crippen LogP contribution < -0.4 is 15.4 Å². The van der Waals surface area contributed by atoms with Crippen LogP contribution in [0, 0.1) is 0 Å². The highest BCUT2D eigenvalue weighted by Crippen LogP contribution is 2.18. The molecule has 0 aliphatic carbocycles. The number of aromatic nitrogens is 3. The molecule has 1 saturated heterocycles. The van der Waals surface area contributed by atoms with E-state index in [9.17, 15) is 4.79 Å². The Kier molecular flexibility index (Phi) is 6.01. The van der Waals surface area contributed by atoms with Gasteiger partial charge in [0, 0.05) is 37.4 Å². The molecule has 1 aromatic carbocycles. The van der Waals surface area contributed by atoms with Crippen LogP contribution in [-0.2, 0) is 11.3 Å². The van der Waals surface area contributed by atoms with Crippen LogP contribution in [0.25, 0.3) is 5.82 Å². The molecule has 0 bridgehead atoms. The zero-order valence-electron chi connectivity index (χ0n) is 16.0. The number of pyridine rings is 1. The first-order valence-electron chi connectivity index (χ1n) is 9.60. The van der Waals surface area contributed by atoms with Crippen molar-refractivity contribution in [3.8, 4) is 11.6 Å². The van der Waals surface area contributed by atoms with Crippen LogP contribution >= 0.6 is 0 Å². The molecule has 1 aliphatic heterocycles. The second-order valence-corrected chi connectivity index (χ2v) is 6.75. The largest absolute Gasteiger partial charge is 0.491 e. The fourth-order valence-electron chi connectivity index (χ4n) is 3.06. The fraction of sp³-hybridized carbons (Fsp3) is 0.286. The summed E-state index contributed by atoms with van der Waals surface area (Å²) in [5.41, 5.74) is 1.62. The van der Waals surface area contributed by atoms with Gasteiger partial charge in [-0.05, 0) is 60.9 Å². The van der Waals surface area contributed by atoms with Gasteiger partial charge in [0.15, 0.2) is 5.82 Å². The molecule has 2 amide bonds. The minimum Gasteiger partial charge on any atom is -0.491 e. The molecule has 150 valence electrons. The zero-order valence-corrected chi connectivity index (χ0v) is 16.0. The Balaban J connectivity index is 1.25. The lowest BCUT2D eigenvalue weighted by atomic mass is 10.2. The Labute approximate surface area is 168 Å². The molecule has 2 aromatic heterocycles. The lowest BCUT2D eigenvalue weighted by Crippen LogP contribution is -2.28. The monoisotopic (exact) mass is 393 g/mol. The summed E-state index contributed by atoms with van der Waals surface area (Å²) in [5.74, 6) is 1.46. The zero-order chi connectivity index (χ0) is 19.9. The molecule has 3 aromatic rings. The van der Waals surface area contributed by atoms with Crippen LogP contribution in [-0.4, -0.2) is 40.1 Å². The minimum atomic E-state index is -0.282. The number of hydrogen-bond donors (Lipinski definition) is 2. The Hall–Kier alpha value is -3.39. The number of carbonyl (C=O) groups is 1. The number of rotatable bonds is 7. The summed E-state index contributed by atoms with van der Waals surface area (Å²) in [6, 6.07) is 12.6. The van der Waals surface area contributed by atoms with Gasteiger partial charge in [-0.3, -0.25) is 0 Å². The molecular weight excluding hydrogens is 370 g/mol. The number of anilines is 1. The van der Waals surface area contributed by atoms with Crippen LogP contribution in [0.5, 0.6) is 5.75 Å². The van der Waals surface area contributed by atoms with E-state index in [-0.39, 0.29) is 12.1 Å². The highest BCUT2D eigenvalue weighted by Gasteiger charge is 2.15. The molecule has 0 saturated carbocycles. The normalized spacial score (nSPS) is 15.8. The topological polar surface area (TPSA) is 90.3 Å². The molecule has 2 N–H and O–H groups in total. The average Bonchev–Trinajstić information content (AvgIpc) is 3.46. The second kappa shape index (κ2) is 9.20. The first kappa shape index (κ1) is 18.9. The lowest BCUT2D eigenvalue weighted by Gasteiger charge is -2.12. The molecule has 8 heteroatoms. The Bertz CT molecular complexity index is 922. The number of hydrogen-bond acceptors (Lipinski definition) is 5.